The van der Waals surface area contributed by atoms with Crippen LogP contribution in [0, 0.1) is 0 Å². The average molecular weight is 227 g/mol. The van der Waals surface area contributed by atoms with Crippen molar-refractivity contribution in [1.82, 2.24) is 5.32 Å². The summed E-state index contributed by atoms with van der Waals surface area (Å²) in [6, 6.07) is 2.16. The van der Waals surface area contributed by atoms with Crippen LogP contribution in [0.15, 0.2) is 11.4 Å². The van der Waals surface area contributed by atoms with E-state index in [-0.39, 0.29) is 17.1 Å². The number of thioether (sulfide) groups is 1. The lowest BCUT2D eigenvalue weighted by molar-refractivity contribution is 0.0999. The number of hydrogen-bond acceptors (Lipinski definition) is 4. The summed E-state index contributed by atoms with van der Waals surface area (Å²) in [6.07, 6.45) is 0. The molecular formula is C8H5NOS3. The molecule has 2 nitrogen and oxygen atoms in total. The SMILES string of the molecule is O=C1c2sccc2[C@@H]2NC(=S)S[C@H]12. The summed E-state index contributed by atoms with van der Waals surface area (Å²) in [5.41, 5.74) is 1.13. The van der Waals surface area contributed by atoms with E-state index in [1.54, 1.807) is 0 Å². The first-order chi connectivity index (χ1) is 6.27. The molecule has 1 saturated heterocycles. The highest BCUT2D eigenvalue weighted by Gasteiger charge is 2.46. The number of thiocarbonyl (C=S) groups is 1. The maximum atomic E-state index is 11.8. The molecule has 13 heavy (non-hydrogen) atoms. The van der Waals surface area contributed by atoms with Crippen LogP contribution in [0.3, 0.4) is 0 Å². The van der Waals surface area contributed by atoms with Crippen LogP contribution < -0.4 is 5.32 Å². The maximum absolute atomic E-state index is 11.8. The Hall–Kier alpha value is -0.390. The summed E-state index contributed by atoms with van der Waals surface area (Å²) in [7, 11) is 0. The van der Waals surface area contributed by atoms with Gasteiger partial charge in [0.1, 0.15) is 9.57 Å². The molecule has 1 aromatic heterocycles. The molecule has 3 rings (SSSR count). The number of hydrogen-bond donors (Lipinski definition) is 1. The molecule has 2 heterocycles. The third kappa shape index (κ3) is 0.949. The van der Waals surface area contributed by atoms with E-state index in [9.17, 15) is 4.79 Å². The molecular weight excluding hydrogens is 222 g/mol. The lowest BCUT2D eigenvalue weighted by atomic mass is 10.2. The van der Waals surface area contributed by atoms with Gasteiger partial charge >= 0.3 is 0 Å². The van der Waals surface area contributed by atoms with Gasteiger partial charge in [-0.2, -0.15) is 0 Å². The van der Waals surface area contributed by atoms with Gasteiger partial charge in [-0.15, -0.1) is 11.3 Å². The lowest BCUT2D eigenvalue weighted by Gasteiger charge is -2.05. The van der Waals surface area contributed by atoms with E-state index in [0.717, 1.165) is 14.8 Å². The third-order valence-electron chi connectivity index (χ3n) is 2.32. The second-order valence-electron chi connectivity index (χ2n) is 3.02. The molecule has 2 atom stereocenters. The summed E-state index contributed by atoms with van der Waals surface area (Å²) < 4.78 is 0.750. The molecule has 0 aromatic carbocycles. The Morgan fingerprint density at radius 1 is 1.54 bits per heavy atom. The van der Waals surface area contributed by atoms with Gasteiger partial charge in [0.2, 0.25) is 0 Å². The quantitative estimate of drug-likeness (QED) is 0.686. The Kier molecular flexibility index (Phi) is 1.57. The maximum Gasteiger partial charge on any atom is 0.188 e. The third-order valence-corrected chi connectivity index (χ3v) is 4.75. The van der Waals surface area contributed by atoms with Gasteiger partial charge in [0.15, 0.2) is 5.78 Å². The monoisotopic (exact) mass is 227 g/mol. The van der Waals surface area contributed by atoms with E-state index in [2.05, 4.69) is 5.32 Å². The van der Waals surface area contributed by atoms with E-state index < -0.39 is 0 Å². The van der Waals surface area contributed by atoms with Crippen LogP contribution in [-0.2, 0) is 0 Å². The Morgan fingerprint density at radius 2 is 2.38 bits per heavy atom. The molecule has 0 amide bonds. The van der Waals surface area contributed by atoms with Gasteiger partial charge in [0, 0.05) is 0 Å². The van der Waals surface area contributed by atoms with Crippen molar-refractivity contribution < 1.29 is 4.79 Å². The van der Waals surface area contributed by atoms with Gasteiger partial charge in [-0.05, 0) is 17.0 Å². The first-order valence-electron chi connectivity index (χ1n) is 3.86. The second-order valence-corrected chi connectivity index (χ2v) is 5.75. The smallest absolute Gasteiger partial charge is 0.188 e. The van der Waals surface area contributed by atoms with Crippen molar-refractivity contribution in [2.45, 2.75) is 11.3 Å². The minimum Gasteiger partial charge on any atom is -0.362 e. The van der Waals surface area contributed by atoms with E-state index in [0.29, 0.717) is 0 Å². The van der Waals surface area contributed by atoms with Gasteiger partial charge in [-0.25, -0.2) is 0 Å². The highest BCUT2D eigenvalue weighted by atomic mass is 32.2. The molecule has 1 N–H and O–H groups in total. The Morgan fingerprint density at radius 3 is 3.23 bits per heavy atom. The van der Waals surface area contributed by atoms with Crippen molar-refractivity contribution in [2.75, 3.05) is 0 Å². The van der Waals surface area contributed by atoms with Crippen molar-refractivity contribution in [1.29, 1.82) is 0 Å². The number of rotatable bonds is 0. The summed E-state index contributed by atoms with van der Waals surface area (Å²) >= 11 is 8.05. The summed E-state index contributed by atoms with van der Waals surface area (Å²) in [5.74, 6) is 0.243. The Labute approximate surface area is 88.7 Å². The Balaban J connectivity index is 2.14. The minimum absolute atomic E-state index is 0.00921. The van der Waals surface area contributed by atoms with Gasteiger partial charge in [0.05, 0.1) is 10.9 Å². The molecule has 1 aliphatic heterocycles. The molecule has 0 bridgehead atoms. The van der Waals surface area contributed by atoms with Crippen molar-refractivity contribution >= 4 is 45.4 Å². The second kappa shape index (κ2) is 2.56. The van der Waals surface area contributed by atoms with Crippen LogP contribution in [0.4, 0.5) is 0 Å². The first kappa shape index (κ1) is 7.96. The fourth-order valence-corrected chi connectivity index (χ4v) is 4.20. The van der Waals surface area contributed by atoms with Crippen molar-refractivity contribution in [3.8, 4) is 0 Å². The highest BCUT2D eigenvalue weighted by molar-refractivity contribution is 8.24. The van der Waals surface area contributed by atoms with Gasteiger partial charge in [-0.3, -0.25) is 4.79 Å². The first-order valence-corrected chi connectivity index (χ1v) is 6.03. The van der Waals surface area contributed by atoms with Crippen molar-refractivity contribution in [2.24, 2.45) is 0 Å². The van der Waals surface area contributed by atoms with E-state index in [4.69, 9.17) is 12.2 Å². The van der Waals surface area contributed by atoms with Gasteiger partial charge < -0.3 is 5.32 Å². The standard InChI is InChI=1S/C8H5NOS3/c10-5-6-3(1-2-12-6)4-7(5)13-8(11)9-4/h1-2,4,7H,(H,9,11)/t4-,7-/m0/s1. The molecule has 1 fully saturated rings. The molecule has 0 unspecified atom stereocenters. The number of carbonyl (C=O) groups is 1. The number of ketones is 1. The zero-order valence-electron chi connectivity index (χ0n) is 6.44. The van der Waals surface area contributed by atoms with Crippen LogP contribution in [0.5, 0.6) is 0 Å². The summed E-state index contributed by atoms with van der Waals surface area (Å²) in [6.45, 7) is 0. The van der Waals surface area contributed by atoms with Crippen LogP contribution in [-0.4, -0.2) is 15.4 Å². The van der Waals surface area contributed by atoms with Crippen LogP contribution in [0.25, 0.3) is 0 Å². The molecule has 0 saturated carbocycles. The van der Waals surface area contributed by atoms with Crippen molar-refractivity contribution in [3.05, 3.63) is 21.9 Å². The lowest BCUT2D eigenvalue weighted by Crippen LogP contribution is -2.20. The number of carbonyl (C=O) groups excluding carboxylic acids is 1. The molecule has 0 spiro atoms. The molecule has 1 aliphatic carbocycles. The van der Waals surface area contributed by atoms with Crippen LogP contribution >= 0.6 is 35.3 Å². The van der Waals surface area contributed by atoms with Gasteiger partial charge in [0.25, 0.3) is 0 Å². The number of thiophene rings is 1. The zero-order chi connectivity index (χ0) is 9.00. The largest absolute Gasteiger partial charge is 0.362 e. The van der Waals surface area contributed by atoms with E-state index in [1.807, 2.05) is 11.4 Å². The fourth-order valence-electron chi connectivity index (χ4n) is 1.76. The fraction of sp³-hybridized carbons (Fsp3) is 0.250. The van der Waals surface area contributed by atoms with Crippen molar-refractivity contribution in [3.63, 3.8) is 0 Å². The zero-order valence-corrected chi connectivity index (χ0v) is 8.89. The molecule has 2 aliphatic rings. The summed E-state index contributed by atoms with van der Waals surface area (Å²) in [5, 5.41) is 5.14. The van der Waals surface area contributed by atoms with Gasteiger partial charge in [-0.1, -0.05) is 24.0 Å². The molecule has 66 valence electrons. The number of fused-ring (bicyclic) bond motifs is 3. The normalized spacial score (nSPS) is 30.2. The topological polar surface area (TPSA) is 29.1 Å². The van der Waals surface area contributed by atoms with Crippen LogP contribution in [0.1, 0.15) is 21.3 Å². The minimum atomic E-state index is 0.00921. The predicted molar refractivity (Wildman–Crippen MR) is 58.5 cm³/mol. The molecule has 0 radical (unpaired) electrons. The van der Waals surface area contributed by atoms with Crippen LogP contribution in [0.2, 0.25) is 0 Å². The molecule has 5 heteroatoms. The average Bonchev–Trinajstić information content (AvgIpc) is 2.70. The summed E-state index contributed by atoms with van der Waals surface area (Å²) in [4.78, 5) is 12.7. The highest BCUT2D eigenvalue weighted by Crippen LogP contribution is 2.45. The predicted octanol–water partition coefficient (Wildman–Crippen LogP) is 1.98. The van der Waals surface area contributed by atoms with E-state index >= 15 is 0 Å². The Bertz CT molecular complexity index is 411. The molecule has 1 aromatic rings. The number of nitrogens with one attached hydrogen (secondary N) is 1. The van der Waals surface area contributed by atoms with E-state index in [1.165, 1.54) is 23.1 Å². The number of Topliss-reactive ketones (excluding diaryl/α,β-unsaturated/α-hetero) is 1.